The number of methoxy groups -OCH3 is 1. The predicted octanol–water partition coefficient (Wildman–Crippen LogP) is 4.00. The molecule has 140 valence electrons. The smallest absolute Gasteiger partial charge is 0.330 e. The molecule has 0 radical (unpaired) electrons. The second-order valence-corrected chi connectivity index (χ2v) is 6.08. The molecule has 0 aliphatic carbocycles. The number of nitriles is 1. The Morgan fingerprint density at radius 3 is 2.74 bits per heavy atom. The molecule has 0 saturated carbocycles. The Bertz CT molecular complexity index is 845. The van der Waals surface area contributed by atoms with E-state index in [1.54, 1.807) is 24.3 Å². The molecule has 0 saturated heterocycles. The molecule has 0 fully saturated rings. The van der Waals surface area contributed by atoms with Crippen LogP contribution in [0.5, 0.6) is 17.2 Å². The van der Waals surface area contributed by atoms with E-state index in [0.717, 1.165) is 10.0 Å². The fourth-order valence-electron chi connectivity index (χ4n) is 2.09. The Labute approximate surface area is 166 Å². The van der Waals surface area contributed by atoms with Gasteiger partial charge in [-0.3, -0.25) is 0 Å². The molecule has 7 heteroatoms. The number of nitrogens with zero attached hydrogens (tertiary/aromatic N) is 1. The van der Waals surface area contributed by atoms with Crippen molar-refractivity contribution in [2.24, 2.45) is 0 Å². The van der Waals surface area contributed by atoms with E-state index >= 15 is 0 Å². The van der Waals surface area contributed by atoms with Crippen molar-refractivity contribution < 1.29 is 23.7 Å². The van der Waals surface area contributed by atoms with Gasteiger partial charge in [-0.15, -0.1) is 0 Å². The van der Waals surface area contributed by atoms with Gasteiger partial charge in [0.15, 0.2) is 18.1 Å². The van der Waals surface area contributed by atoms with E-state index in [0.29, 0.717) is 17.2 Å². The lowest BCUT2D eigenvalue weighted by Crippen LogP contribution is -2.10. The summed E-state index contributed by atoms with van der Waals surface area (Å²) in [7, 11) is 1.50. The van der Waals surface area contributed by atoms with E-state index in [1.807, 2.05) is 30.3 Å². The van der Waals surface area contributed by atoms with Gasteiger partial charge in [-0.1, -0.05) is 28.1 Å². The number of benzene rings is 2. The zero-order valence-corrected chi connectivity index (χ0v) is 16.3. The van der Waals surface area contributed by atoms with Crippen LogP contribution in [-0.2, 0) is 9.53 Å². The Balaban J connectivity index is 1.81. The van der Waals surface area contributed by atoms with Gasteiger partial charge in [-0.25, -0.2) is 4.79 Å². The van der Waals surface area contributed by atoms with Gasteiger partial charge in [0, 0.05) is 10.5 Å². The van der Waals surface area contributed by atoms with Crippen molar-refractivity contribution >= 4 is 28.0 Å². The topological polar surface area (TPSA) is 77.8 Å². The standard InChI is InChI=1S/C20H18BrNO5/c1-24-19-13-15(5-7-18(19)26-10-9-22)6-8-20(23)27-12-11-25-17-4-2-3-16(21)14-17/h2-8,13-14H,10-12H2,1H3. The van der Waals surface area contributed by atoms with Crippen LogP contribution in [0.2, 0.25) is 0 Å². The molecule has 0 aliphatic heterocycles. The first-order valence-electron chi connectivity index (χ1n) is 8.03. The molecule has 2 rings (SSSR count). The van der Waals surface area contributed by atoms with Gasteiger partial charge in [-0.05, 0) is 42.0 Å². The van der Waals surface area contributed by atoms with Gasteiger partial charge in [-0.2, -0.15) is 5.26 Å². The minimum Gasteiger partial charge on any atom is -0.493 e. The normalized spacial score (nSPS) is 10.3. The Morgan fingerprint density at radius 2 is 2.00 bits per heavy atom. The largest absolute Gasteiger partial charge is 0.493 e. The molecular weight excluding hydrogens is 414 g/mol. The average Bonchev–Trinajstić information content (AvgIpc) is 2.68. The summed E-state index contributed by atoms with van der Waals surface area (Å²) in [6.07, 6.45) is 2.93. The third-order valence-corrected chi connectivity index (χ3v) is 3.78. The number of ether oxygens (including phenoxy) is 4. The zero-order chi connectivity index (χ0) is 19.5. The number of esters is 1. The fraction of sp³-hybridized carbons (Fsp3) is 0.200. The van der Waals surface area contributed by atoms with Crippen LogP contribution in [0.3, 0.4) is 0 Å². The first kappa shape index (κ1) is 20.3. The number of rotatable bonds is 9. The summed E-state index contributed by atoms with van der Waals surface area (Å²) in [5, 5.41) is 8.57. The van der Waals surface area contributed by atoms with Gasteiger partial charge < -0.3 is 18.9 Å². The van der Waals surface area contributed by atoms with Crippen molar-refractivity contribution in [1.82, 2.24) is 0 Å². The maximum atomic E-state index is 11.8. The third-order valence-electron chi connectivity index (χ3n) is 3.28. The van der Waals surface area contributed by atoms with Crippen molar-refractivity contribution in [3.8, 4) is 23.3 Å². The van der Waals surface area contributed by atoms with Crippen LogP contribution in [-0.4, -0.2) is 32.9 Å². The molecule has 2 aromatic rings. The quantitative estimate of drug-likeness (QED) is 0.339. The third kappa shape index (κ3) is 7.04. The zero-order valence-electron chi connectivity index (χ0n) is 14.7. The maximum Gasteiger partial charge on any atom is 0.330 e. The fourth-order valence-corrected chi connectivity index (χ4v) is 2.47. The number of carbonyl (C=O) groups is 1. The number of hydrogen-bond donors (Lipinski definition) is 0. The average molecular weight is 432 g/mol. The van der Waals surface area contributed by atoms with Crippen LogP contribution in [0.15, 0.2) is 53.0 Å². The van der Waals surface area contributed by atoms with Crippen molar-refractivity contribution in [3.63, 3.8) is 0 Å². The van der Waals surface area contributed by atoms with E-state index < -0.39 is 5.97 Å². The van der Waals surface area contributed by atoms with Gasteiger partial charge in [0.1, 0.15) is 25.0 Å². The number of halogens is 1. The molecular formula is C20H18BrNO5. The van der Waals surface area contributed by atoms with E-state index in [-0.39, 0.29) is 19.8 Å². The molecule has 0 spiro atoms. The molecule has 0 amide bonds. The Hall–Kier alpha value is -2.98. The second-order valence-electron chi connectivity index (χ2n) is 5.16. The molecule has 0 unspecified atom stereocenters. The Morgan fingerprint density at radius 1 is 1.15 bits per heavy atom. The highest BCUT2D eigenvalue weighted by Gasteiger charge is 2.05. The van der Waals surface area contributed by atoms with Crippen molar-refractivity contribution in [2.45, 2.75) is 0 Å². The van der Waals surface area contributed by atoms with E-state index in [4.69, 9.17) is 24.2 Å². The summed E-state index contributed by atoms with van der Waals surface area (Å²) in [6, 6.07) is 14.4. The lowest BCUT2D eigenvalue weighted by atomic mass is 10.2. The lowest BCUT2D eigenvalue weighted by molar-refractivity contribution is -0.138. The number of carbonyl (C=O) groups excluding carboxylic acids is 1. The minimum absolute atomic E-state index is 0.0696. The molecule has 2 aromatic carbocycles. The highest BCUT2D eigenvalue weighted by Crippen LogP contribution is 2.28. The van der Waals surface area contributed by atoms with Crippen molar-refractivity contribution in [2.75, 3.05) is 26.9 Å². The molecule has 27 heavy (non-hydrogen) atoms. The summed E-state index contributed by atoms with van der Waals surface area (Å²) in [6.45, 7) is 0.328. The SMILES string of the molecule is COc1cc(C=CC(=O)OCCOc2cccc(Br)c2)ccc1OCC#N. The van der Waals surface area contributed by atoms with Crippen LogP contribution in [0, 0.1) is 11.3 Å². The van der Waals surface area contributed by atoms with Crippen molar-refractivity contribution in [3.05, 3.63) is 58.6 Å². The second kappa shape index (κ2) is 10.9. The van der Waals surface area contributed by atoms with Crippen LogP contribution >= 0.6 is 15.9 Å². The highest BCUT2D eigenvalue weighted by molar-refractivity contribution is 9.10. The van der Waals surface area contributed by atoms with Crippen LogP contribution in [0.4, 0.5) is 0 Å². The first-order chi connectivity index (χ1) is 13.1. The molecule has 0 heterocycles. The summed E-state index contributed by atoms with van der Waals surface area (Å²) in [5.41, 5.74) is 0.735. The van der Waals surface area contributed by atoms with Crippen LogP contribution in [0.1, 0.15) is 5.56 Å². The lowest BCUT2D eigenvalue weighted by Gasteiger charge is -2.09. The molecule has 0 aliphatic rings. The summed E-state index contributed by atoms with van der Waals surface area (Å²) < 4.78 is 22.0. The predicted molar refractivity (Wildman–Crippen MR) is 104 cm³/mol. The van der Waals surface area contributed by atoms with Crippen LogP contribution in [0.25, 0.3) is 6.08 Å². The molecule has 0 atom stereocenters. The highest BCUT2D eigenvalue weighted by atomic mass is 79.9. The molecule has 0 N–H and O–H groups in total. The number of hydrogen-bond acceptors (Lipinski definition) is 6. The summed E-state index contributed by atoms with van der Waals surface area (Å²) >= 11 is 3.36. The first-order valence-corrected chi connectivity index (χ1v) is 8.82. The van der Waals surface area contributed by atoms with Crippen molar-refractivity contribution in [1.29, 1.82) is 5.26 Å². The van der Waals surface area contributed by atoms with Crippen LogP contribution < -0.4 is 14.2 Å². The van der Waals surface area contributed by atoms with Gasteiger partial charge in [0.2, 0.25) is 0 Å². The van der Waals surface area contributed by atoms with Gasteiger partial charge >= 0.3 is 5.97 Å². The van der Waals surface area contributed by atoms with Gasteiger partial charge in [0.25, 0.3) is 0 Å². The minimum atomic E-state index is -0.475. The van der Waals surface area contributed by atoms with E-state index in [9.17, 15) is 4.79 Å². The maximum absolute atomic E-state index is 11.8. The van der Waals surface area contributed by atoms with E-state index in [1.165, 1.54) is 13.2 Å². The monoisotopic (exact) mass is 431 g/mol. The Kier molecular flexibility index (Phi) is 8.20. The summed E-state index contributed by atoms with van der Waals surface area (Å²) in [4.78, 5) is 11.8. The summed E-state index contributed by atoms with van der Waals surface area (Å²) in [5.74, 6) is 1.16. The molecule has 0 bridgehead atoms. The van der Waals surface area contributed by atoms with Gasteiger partial charge in [0.05, 0.1) is 7.11 Å². The van der Waals surface area contributed by atoms with E-state index in [2.05, 4.69) is 15.9 Å². The molecule has 6 nitrogen and oxygen atoms in total. The molecule has 0 aromatic heterocycles.